The number of hydrogen-bond acceptors (Lipinski definition) is 14. The highest BCUT2D eigenvalue weighted by atomic mass is 35.5. The van der Waals surface area contributed by atoms with Gasteiger partial charge in [-0.1, -0.05) is 34.8 Å². The maximum Gasteiger partial charge on any atom is 0.256 e. The molecular formula is C50H63Cl3N12O8S2. The van der Waals surface area contributed by atoms with Crippen molar-refractivity contribution in [2.45, 2.75) is 77.3 Å². The zero-order chi connectivity index (χ0) is 53.8. The van der Waals surface area contributed by atoms with Crippen molar-refractivity contribution in [3.8, 4) is 0 Å². The summed E-state index contributed by atoms with van der Waals surface area (Å²) in [6.45, 7) is 9.15. The smallest absolute Gasteiger partial charge is 0.256 e. The second-order valence-corrected chi connectivity index (χ2v) is 24.4. The highest BCUT2D eigenvalue weighted by Gasteiger charge is 2.35. The molecule has 0 radical (unpaired) electrons. The van der Waals surface area contributed by atoms with Gasteiger partial charge in [-0.3, -0.25) is 19.0 Å². The van der Waals surface area contributed by atoms with Gasteiger partial charge >= 0.3 is 0 Å². The Morgan fingerprint density at radius 3 is 1.63 bits per heavy atom. The molecule has 2 amide bonds. The number of sulfonamides is 2. The number of anilines is 3. The van der Waals surface area contributed by atoms with Crippen LogP contribution in [0.5, 0.6) is 0 Å². The van der Waals surface area contributed by atoms with Crippen molar-refractivity contribution in [2.24, 2.45) is 11.8 Å². The molecule has 4 atom stereocenters. The Kier molecular flexibility index (Phi) is 17.8. The van der Waals surface area contributed by atoms with Crippen LogP contribution in [-0.2, 0) is 20.0 Å². The highest BCUT2D eigenvalue weighted by molar-refractivity contribution is 7.92. The van der Waals surface area contributed by atoms with E-state index in [1.165, 1.54) is 24.3 Å². The summed E-state index contributed by atoms with van der Waals surface area (Å²) in [5.41, 5.74) is 5.35. The molecule has 4 saturated heterocycles. The maximum absolute atomic E-state index is 13.8. The normalized spacial score (nSPS) is 20.1. The highest BCUT2D eigenvalue weighted by Crippen LogP contribution is 2.37. The zero-order valence-electron chi connectivity index (χ0n) is 42.2. The fourth-order valence-corrected chi connectivity index (χ4v) is 11.6. The fraction of sp³-hybridized carbons (Fsp3) is 0.480. The minimum absolute atomic E-state index is 0.175. The largest absolute Gasteiger partial charge is 0.396 e. The molecule has 75 heavy (non-hydrogen) atoms. The molecule has 0 saturated carbocycles. The third-order valence-corrected chi connectivity index (χ3v) is 15.7. The average molecular weight is 1130 g/mol. The number of amides is 2. The summed E-state index contributed by atoms with van der Waals surface area (Å²) < 4.78 is 55.6. The summed E-state index contributed by atoms with van der Waals surface area (Å²) in [7, 11) is -7.15. The summed E-state index contributed by atoms with van der Waals surface area (Å²) in [5, 5.41) is 31.7. The number of aryl methyl sites for hydroxylation is 2. The Hall–Kier alpha value is -5.33. The van der Waals surface area contributed by atoms with Crippen LogP contribution in [0.2, 0.25) is 15.2 Å². The Morgan fingerprint density at radius 1 is 0.667 bits per heavy atom. The molecule has 6 aromatic rings. The molecule has 0 bridgehead atoms. The molecule has 4 aliphatic rings. The second kappa shape index (κ2) is 23.9. The molecule has 20 nitrogen and oxygen atoms in total. The first-order chi connectivity index (χ1) is 35.7. The molecule has 25 heteroatoms. The molecular weight excluding hydrogens is 1070 g/mol. The van der Waals surface area contributed by atoms with Gasteiger partial charge < -0.3 is 30.2 Å². The van der Waals surface area contributed by atoms with Crippen LogP contribution in [0.25, 0.3) is 11.3 Å². The summed E-state index contributed by atoms with van der Waals surface area (Å²) in [6, 6.07) is 12.3. The van der Waals surface area contributed by atoms with Crippen LogP contribution in [-0.4, -0.2) is 143 Å². The van der Waals surface area contributed by atoms with Gasteiger partial charge in [0.2, 0.25) is 20.0 Å². The lowest BCUT2D eigenvalue weighted by atomic mass is 9.98. The van der Waals surface area contributed by atoms with Crippen LogP contribution >= 0.6 is 34.8 Å². The Bertz CT molecular complexity index is 3240. The molecule has 404 valence electrons. The van der Waals surface area contributed by atoms with Crippen LogP contribution in [0.3, 0.4) is 0 Å². The predicted molar refractivity (Wildman–Crippen MR) is 291 cm³/mol. The van der Waals surface area contributed by atoms with Crippen molar-refractivity contribution >= 4 is 95.2 Å². The van der Waals surface area contributed by atoms with E-state index in [1.807, 2.05) is 32.2 Å². The molecule has 10 rings (SSSR count). The number of aliphatic hydroxyl groups excluding tert-OH is 2. The number of piperidine rings is 2. The number of fused-ring (bicyclic) bond motifs is 2. The Balaban J connectivity index is 0.000000178. The van der Waals surface area contributed by atoms with E-state index in [1.54, 1.807) is 37.2 Å². The van der Waals surface area contributed by atoms with Crippen molar-refractivity contribution in [3.63, 3.8) is 0 Å². The molecule has 2 aromatic carbocycles. The standard InChI is InChI=1S/C25H31ClN6O4S.C20H21Cl2N5O3S.C5H11NO/c1-16-13-32-23(27-24(16)30-10-8-17(14-30)15-33)12-21(28-32)22-5-3-4-9-31(22)25(34)19-11-18(26)6-7-20(19)29-37(2,35)36;1-12-11-27-18(23-19(12)22)10-16(24-27)17-5-3-4-8-26(17)20(28)14-9-13(21)6-7-15(14)25-31(2,29)30;7-4-5-1-2-6-3-5/h6-7,11-13,17,22,29,33H,3-5,8-10,14-15H2,1-2H3;6-7,9-11,17,25H,3-5,8H2,1-2H3;5-7H,1-4H2/t17-,22+;17-;5-/m101/s1. The summed E-state index contributed by atoms with van der Waals surface area (Å²) in [5.74, 6) is 1.08. The predicted octanol–water partition coefficient (Wildman–Crippen LogP) is 6.92. The summed E-state index contributed by atoms with van der Waals surface area (Å²) in [6.07, 6.45) is 13.0. The van der Waals surface area contributed by atoms with Crippen molar-refractivity contribution < 1.29 is 36.6 Å². The molecule has 4 aliphatic heterocycles. The number of hydrogen-bond donors (Lipinski definition) is 5. The van der Waals surface area contributed by atoms with E-state index in [2.05, 4.69) is 29.7 Å². The first kappa shape index (κ1) is 55.9. The number of nitrogens with zero attached hydrogens (tertiary/aromatic N) is 9. The molecule has 0 spiro atoms. The summed E-state index contributed by atoms with van der Waals surface area (Å²) >= 11 is 18.5. The number of nitrogens with one attached hydrogen (secondary N) is 3. The molecule has 5 N–H and O–H groups in total. The number of aromatic nitrogens is 6. The Morgan fingerprint density at radius 2 is 1.17 bits per heavy atom. The van der Waals surface area contributed by atoms with Gasteiger partial charge in [0.15, 0.2) is 11.3 Å². The monoisotopic (exact) mass is 1130 g/mol. The third kappa shape index (κ3) is 13.8. The van der Waals surface area contributed by atoms with Gasteiger partial charge in [0.1, 0.15) is 11.0 Å². The maximum atomic E-state index is 13.8. The van der Waals surface area contributed by atoms with Gasteiger partial charge in [0.05, 0.1) is 58.5 Å². The van der Waals surface area contributed by atoms with Crippen LogP contribution in [0.15, 0.2) is 60.9 Å². The van der Waals surface area contributed by atoms with E-state index in [9.17, 15) is 31.5 Å². The lowest BCUT2D eigenvalue weighted by molar-refractivity contribution is 0.0600. The second-order valence-electron chi connectivity index (χ2n) is 19.7. The number of benzene rings is 2. The fourth-order valence-electron chi connectivity index (χ4n) is 9.95. The van der Waals surface area contributed by atoms with Gasteiger partial charge in [-0.25, -0.2) is 35.8 Å². The molecule has 4 aromatic heterocycles. The van der Waals surface area contributed by atoms with Crippen molar-refractivity contribution in [3.05, 3.63) is 110 Å². The first-order valence-corrected chi connectivity index (χ1v) is 29.8. The van der Waals surface area contributed by atoms with Crippen molar-refractivity contribution in [2.75, 3.05) is 79.3 Å². The topological polar surface area (TPSA) is 249 Å². The number of halogens is 3. The van der Waals surface area contributed by atoms with E-state index < -0.39 is 20.0 Å². The van der Waals surface area contributed by atoms with Crippen LogP contribution in [0, 0.1) is 25.7 Å². The van der Waals surface area contributed by atoms with E-state index in [0.717, 1.165) is 113 Å². The van der Waals surface area contributed by atoms with Crippen LogP contribution in [0.4, 0.5) is 17.2 Å². The quantitative estimate of drug-likeness (QED) is 0.0827. The first-order valence-electron chi connectivity index (χ1n) is 24.9. The van der Waals surface area contributed by atoms with Gasteiger partial charge in [-0.05, 0) is 114 Å². The van der Waals surface area contributed by atoms with Crippen molar-refractivity contribution in [1.29, 1.82) is 0 Å². The molecule has 0 aliphatic carbocycles. The van der Waals surface area contributed by atoms with E-state index >= 15 is 0 Å². The Labute approximate surface area is 451 Å². The number of carbonyl (C=O) groups excluding carboxylic acids is 2. The third-order valence-electron chi connectivity index (χ3n) is 13.7. The number of rotatable bonds is 11. The van der Waals surface area contributed by atoms with E-state index in [0.29, 0.717) is 57.8 Å². The lowest BCUT2D eigenvalue weighted by Gasteiger charge is -2.35. The van der Waals surface area contributed by atoms with Crippen LogP contribution in [0.1, 0.15) is 107 Å². The number of aliphatic hydroxyl groups is 2. The average Bonchev–Trinajstić information content (AvgIpc) is 4.22. The molecule has 8 heterocycles. The number of carbonyl (C=O) groups is 2. The van der Waals surface area contributed by atoms with Gasteiger partial charge in [0, 0.05) is 97.6 Å². The zero-order valence-corrected chi connectivity index (χ0v) is 46.1. The molecule has 4 fully saturated rings. The van der Waals surface area contributed by atoms with Crippen LogP contribution < -0.4 is 19.7 Å². The lowest BCUT2D eigenvalue weighted by Crippen LogP contribution is -2.39. The van der Waals surface area contributed by atoms with Crippen molar-refractivity contribution in [1.82, 2.24) is 44.3 Å². The van der Waals surface area contributed by atoms with Gasteiger partial charge in [0.25, 0.3) is 11.8 Å². The number of likely N-dealkylation sites (tertiary alicyclic amines) is 2. The molecule has 0 unspecified atom stereocenters. The summed E-state index contributed by atoms with van der Waals surface area (Å²) in [4.78, 5) is 42.2. The van der Waals surface area contributed by atoms with Gasteiger partial charge in [-0.15, -0.1) is 0 Å². The SMILES string of the molecule is Cc1cn2nc([C@@H]3CCCCN3C(=O)c3cc(Cl)ccc3NS(C)(=O)=O)cc2nc1Cl.Cc1cn2nc([C@@H]3CCCCN3C(=O)c3cc(Cl)ccc3NS(C)(=O)=O)cc2nc1N1CC[C@@H](CO)C1.OC[C@@H]1CCNC1. The van der Waals surface area contributed by atoms with E-state index in [-0.39, 0.29) is 58.9 Å². The van der Waals surface area contributed by atoms with Gasteiger partial charge in [-0.2, -0.15) is 10.2 Å². The minimum Gasteiger partial charge on any atom is -0.396 e. The van der Waals surface area contributed by atoms with E-state index in [4.69, 9.17) is 50.0 Å². The minimum atomic E-state index is -3.59.